The molecule has 1 aliphatic rings. The Balaban J connectivity index is 2.00. The number of aliphatic hydroxyl groups excluding tert-OH is 1. The van der Waals surface area contributed by atoms with E-state index in [1.54, 1.807) is 4.90 Å². The average Bonchev–Trinajstić information content (AvgIpc) is 2.92. The summed E-state index contributed by atoms with van der Waals surface area (Å²) in [6.07, 6.45) is 1.41. The van der Waals surface area contributed by atoms with Crippen molar-refractivity contribution in [3.05, 3.63) is 35.9 Å². The van der Waals surface area contributed by atoms with Crippen LogP contribution in [0, 0.1) is 0 Å². The first-order chi connectivity index (χ1) is 8.81. The van der Waals surface area contributed by atoms with Crippen LogP contribution in [0.3, 0.4) is 0 Å². The number of hydrogen-bond acceptors (Lipinski definition) is 3. The molecule has 1 N–H and O–H groups in total. The van der Waals surface area contributed by atoms with Gasteiger partial charge in [0.05, 0.1) is 6.61 Å². The third-order valence-electron chi connectivity index (χ3n) is 3.10. The SMILES string of the molecule is O=C([C@@H]1CCCO1)N(CCO)Cc1ccccc1. The molecule has 2 rings (SSSR count). The Morgan fingerprint density at radius 3 is 2.78 bits per heavy atom. The van der Waals surface area contributed by atoms with Gasteiger partial charge >= 0.3 is 0 Å². The van der Waals surface area contributed by atoms with E-state index in [2.05, 4.69) is 0 Å². The van der Waals surface area contributed by atoms with Crippen LogP contribution in [0.5, 0.6) is 0 Å². The van der Waals surface area contributed by atoms with Crippen molar-refractivity contribution in [2.45, 2.75) is 25.5 Å². The zero-order valence-electron chi connectivity index (χ0n) is 10.4. The molecule has 4 heteroatoms. The van der Waals surface area contributed by atoms with E-state index >= 15 is 0 Å². The highest BCUT2D eigenvalue weighted by Crippen LogP contribution is 2.16. The van der Waals surface area contributed by atoms with Crippen molar-refractivity contribution in [3.63, 3.8) is 0 Å². The van der Waals surface area contributed by atoms with Gasteiger partial charge in [-0.3, -0.25) is 4.79 Å². The van der Waals surface area contributed by atoms with Gasteiger partial charge in [-0.05, 0) is 18.4 Å². The van der Waals surface area contributed by atoms with Crippen LogP contribution in [0.15, 0.2) is 30.3 Å². The maximum absolute atomic E-state index is 12.2. The van der Waals surface area contributed by atoms with Crippen molar-refractivity contribution in [2.75, 3.05) is 19.8 Å². The van der Waals surface area contributed by atoms with Crippen molar-refractivity contribution < 1.29 is 14.6 Å². The van der Waals surface area contributed by atoms with Gasteiger partial charge in [0.2, 0.25) is 0 Å². The number of aliphatic hydroxyl groups is 1. The fraction of sp³-hybridized carbons (Fsp3) is 0.500. The van der Waals surface area contributed by atoms with Crippen LogP contribution in [0.4, 0.5) is 0 Å². The lowest BCUT2D eigenvalue weighted by Gasteiger charge is -2.24. The van der Waals surface area contributed by atoms with E-state index in [1.165, 1.54) is 0 Å². The summed E-state index contributed by atoms with van der Waals surface area (Å²) in [5.74, 6) is -0.00889. The van der Waals surface area contributed by atoms with Gasteiger partial charge in [0, 0.05) is 19.7 Å². The molecule has 0 aliphatic carbocycles. The minimum absolute atomic E-state index is 0.00889. The molecular weight excluding hydrogens is 230 g/mol. The maximum Gasteiger partial charge on any atom is 0.252 e. The van der Waals surface area contributed by atoms with Crippen LogP contribution >= 0.6 is 0 Å². The zero-order valence-corrected chi connectivity index (χ0v) is 10.4. The summed E-state index contributed by atoms with van der Waals surface area (Å²) >= 11 is 0. The molecule has 1 aromatic rings. The average molecular weight is 249 g/mol. The normalized spacial score (nSPS) is 18.8. The third-order valence-corrected chi connectivity index (χ3v) is 3.10. The lowest BCUT2D eigenvalue weighted by molar-refractivity contribution is -0.142. The molecule has 1 saturated heterocycles. The Morgan fingerprint density at radius 1 is 1.39 bits per heavy atom. The van der Waals surface area contributed by atoms with Gasteiger partial charge in [-0.1, -0.05) is 30.3 Å². The van der Waals surface area contributed by atoms with Crippen LogP contribution in [0.25, 0.3) is 0 Å². The summed E-state index contributed by atoms with van der Waals surface area (Å²) in [5.41, 5.74) is 1.07. The number of rotatable bonds is 5. The minimum Gasteiger partial charge on any atom is -0.395 e. The molecular formula is C14H19NO3. The van der Waals surface area contributed by atoms with E-state index in [1.807, 2.05) is 30.3 Å². The predicted molar refractivity (Wildman–Crippen MR) is 67.9 cm³/mol. The van der Waals surface area contributed by atoms with Crippen LogP contribution in [-0.2, 0) is 16.1 Å². The topological polar surface area (TPSA) is 49.8 Å². The summed E-state index contributed by atoms with van der Waals surface area (Å²) in [7, 11) is 0. The van der Waals surface area contributed by atoms with Gasteiger partial charge in [-0.15, -0.1) is 0 Å². The first kappa shape index (κ1) is 13.1. The molecule has 1 aliphatic heterocycles. The van der Waals surface area contributed by atoms with E-state index in [0.717, 1.165) is 18.4 Å². The zero-order chi connectivity index (χ0) is 12.8. The van der Waals surface area contributed by atoms with E-state index in [-0.39, 0.29) is 18.6 Å². The van der Waals surface area contributed by atoms with Gasteiger partial charge in [0.1, 0.15) is 6.10 Å². The van der Waals surface area contributed by atoms with Gasteiger partial charge in [0.25, 0.3) is 5.91 Å². The number of carbonyl (C=O) groups is 1. The van der Waals surface area contributed by atoms with E-state index in [0.29, 0.717) is 19.7 Å². The first-order valence-corrected chi connectivity index (χ1v) is 6.36. The Kier molecular flexibility index (Phi) is 4.73. The van der Waals surface area contributed by atoms with Gasteiger partial charge < -0.3 is 14.7 Å². The standard InChI is InChI=1S/C14H19NO3/c16-9-8-15(11-12-5-2-1-3-6-12)14(17)13-7-4-10-18-13/h1-3,5-6,13,16H,4,7-11H2/t13-/m0/s1. The molecule has 1 heterocycles. The molecule has 0 radical (unpaired) electrons. The van der Waals surface area contributed by atoms with Crippen molar-refractivity contribution in [1.82, 2.24) is 4.90 Å². The number of benzene rings is 1. The Morgan fingerprint density at radius 2 is 2.17 bits per heavy atom. The lowest BCUT2D eigenvalue weighted by atomic mass is 10.1. The van der Waals surface area contributed by atoms with E-state index in [9.17, 15) is 4.79 Å². The number of carbonyl (C=O) groups excluding carboxylic acids is 1. The third kappa shape index (κ3) is 3.31. The van der Waals surface area contributed by atoms with Crippen molar-refractivity contribution >= 4 is 5.91 Å². The molecule has 1 atom stereocenters. The molecule has 0 bridgehead atoms. The Bertz CT molecular complexity index is 374. The van der Waals surface area contributed by atoms with E-state index in [4.69, 9.17) is 9.84 Å². The van der Waals surface area contributed by atoms with Gasteiger partial charge in [0.15, 0.2) is 0 Å². The Hall–Kier alpha value is -1.39. The number of amides is 1. The highest BCUT2D eigenvalue weighted by atomic mass is 16.5. The number of hydrogen-bond donors (Lipinski definition) is 1. The van der Waals surface area contributed by atoms with E-state index < -0.39 is 0 Å². The maximum atomic E-state index is 12.2. The largest absolute Gasteiger partial charge is 0.395 e. The second-order valence-corrected chi connectivity index (χ2v) is 4.47. The highest BCUT2D eigenvalue weighted by Gasteiger charge is 2.27. The van der Waals surface area contributed by atoms with Gasteiger partial charge in [-0.2, -0.15) is 0 Å². The summed E-state index contributed by atoms with van der Waals surface area (Å²) < 4.78 is 5.41. The summed E-state index contributed by atoms with van der Waals surface area (Å²) in [6.45, 7) is 1.52. The van der Waals surface area contributed by atoms with Crippen molar-refractivity contribution in [2.24, 2.45) is 0 Å². The summed E-state index contributed by atoms with van der Waals surface area (Å²) in [5, 5.41) is 9.07. The summed E-state index contributed by atoms with van der Waals surface area (Å²) in [4.78, 5) is 13.9. The quantitative estimate of drug-likeness (QED) is 0.852. The molecule has 18 heavy (non-hydrogen) atoms. The molecule has 0 aromatic heterocycles. The lowest BCUT2D eigenvalue weighted by Crippen LogP contribution is -2.40. The summed E-state index contributed by atoms with van der Waals surface area (Å²) in [6, 6.07) is 9.80. The minimum atomic E-state index is -0.319. The molecule has 0 saturated carbocycles. The van der Waals surface area contributed by atoms with Crippen LogP contribution < -0.4 is 0 Å². The highest BCUT2D eigenvalue weighted by molar-refractivity contribution is 5.81. The van der Waals surface area contributed by atoms with Crippen LogP contribution in [0.2, 0.25) is 0 Å². The molecule has 0 spiro atoms. The molecule has 0 unspecified atom stereocenters. The smallest absolute Gasteiger partial charge is 0.252 e. The molecule has 1 aromatic carbocycles. The van der Waals surface area contributed by atoms with Crippen LogP contribution in [-0.4, -0.2) is 41.8 Å². The fourth-order valence-electron chi connectivity index (χ4n) is 2.17. The monoisotopic (exact) mass is 249 g/mol. The predicted octanol–water partition coefficient (Wildman–Crippen LogP) is 1.19. The fourth-order valence-corrected chi connectivity index (χ4v) is 2.17. The number of ether oxygens (including phenoxy) is 1. The molecule has 4 nitrogen and oxygen atoms in total. The second-order valence-electron chi connectivity index (χ2n) is 4.47. The van der Waals surface area contributed by atoms with Gasteiger partial charge in [-0.25, -0.2) is 0 Å². The van der Waals surface area contributed by atoms with Crippen molar-refractivity contribution in [3.8, 4) is 0 Å². The van der Waals surface area contributed by atoms with Crippen molar-refractivity contribution in [1.29, 1.82) is 0 Å². The molecule has 1 fully saturated rings. The Labute approximate surface area is 107 Å². The first-order valence-electron chi connectivity index (χ1n) is 6.36. The molecule has 1 amide bonds. The number of nitrogens with zero attached hydrogens (tertiary/aromatic N) is 1. The van der Waals surface area contributed by atoms with Crippen LogP contribution in [0.1, 0.15) is 18.4 Å². The second kappa shape index (κ2) is 6.52. The molecule has 98 valence electrons.